The van der Waals surface area contributed by atoms with Crippen molar-refractivity contribution in [1.82, 2.24) is 4.90 Å². The Hall–Kier alpha value is -3.36. The van der Waals surface area contributed by atoms with Gasteiger partial charge in [-0.05, 0) is 70.9 Å². The number of urea groups is 1. The summed E-state index contributed by atoms with van der Waals surface area (Å²) in [4.78, 5) is 33.7. The summed E-state index contributed by atoms with van der Waals surface area (Å²) in [7, 11) is 2.00. The number of amides is 3. The van der Waals surface area contributed by atoms with E-state index in [1.807, 2.05) is 42.1 Å². The van der Waals surface area contributed by atoms with Crippen molar-refractivity contribution < 1.29 is 9.59 Å². The summed E-state index contributed by atoms with van der Waals surface area (Å²) >= 11 is 7.43. The number of carbonyl (C=O) groups is 2. The number of primary amides is 1. The number of carbonyl (C=O) groups excluding carboxylic acids is 2. The molecule has 0 saturated heterocycles. The van der Waals surface area contributed by atoms with Crippen LogP contribution in [0.25, 0.3) is 0 Å². The second-order valence-electron chi connectivity index (χ2n) is 7.34. The third-order valence-corrected chi connectivity index (χ3v) is 6.13. The summed E-state index contributed by atoms with van der Waals surface area (Å²) in [6.45, 7) is 1.67. The largest absolute Gasteiger partial charge is 0.358 e. The van der Waals surface area contributed by atoms with Crippen LogP contribution in [0, 0.1) is 0 Å². The molecule has 0 spiro atoms. The molecule has 3 aromatic rings. The van der Waals surface area contributed by atoms with Crippen LogP contribution in [0.15, 0.2) is 70.3 Å². The smallest absolute Gasteiger partial charge is 0.320 e. The lowest BCUT2D eigenvalue weighted by Crippen LogP contribution is -2.44. The number of nitrogens with two attached hydrogens (primary N) is 1. The fourth-order valence-electron chi connectivity index (χ4n) is 3.61. The molecule has 4 rings (SSSR count). The number of nitrogens with one attached hydrogen (secondary N) is 1. The van der Waals surface area contributed by atoms with Crippen LogP contribution in [0.3, 0.4) is 0 Å². The number of hydrogen-bond donors (Lipinski definition) is 2. The maximum Gasteiger partial charge on any atom is 0.320 e. The second kappa shape index (κ2) is 9.42. The lowest BCUT2D eigenvalue weighted by molar-refractivity contribution is -0.117. The van der Waals surface area contributed by atoms with Crippen molar-refractivity contribution in [3.05, 3.63) is 81.5 Å². The van der Waals surface area contributed by atoms with E-state index >= 15 is 0 Å². The summed E-state index contributed by atoms with van der Waals surface area (Å²) in [5, 5.41) is 7.11. The monoisotopic (exact) mass is 467 g/mol. The van der Waals surface area contributed by atoms with Crippen molar-refractivity contribution in [3.8, 4) is 0 Å². The molecule has 0 fully saturated rings. The van der Waals surface area contributed by atoms with E-state index in [1.165, 1.54) is 16.2 Å². The lowest BCUT2D eigenvalue weighted by atomic mass is 10.1. The highest BCUT2D eigenvalue weighted by molar-refractivity contribution is 7.08. The number of benzene rings is 2. The minimum atomic E-state index is -0.940. The Morgan fingerprint density at radius 3 is 2.44 bits per heavy atom. The van der Waals surface area contributed by atoms with Crippen LogP contribution in [0.2, 0.25) is 5.02 Å². The van der Waals surface area contributed by atoms with Crippen LogP contribution < -0.4 is 16.0 Å². The van der Waals surface area contributed by atoms with Crippen LogP contribution in [-0.2, 0) is 4.79 Å². The van der Waals surface area contributed by atoms with Gasteiger partial charge in [0.2, 0.25) is 0 Å². The van der Waals surface area contributed by atoms with Crippen molar-refractivity contribution in [2.24, 2.45) is 10.7 Å². The van der Waals surface area contributed by atoms with Gasteiger partial charge in [-0.1, -0.05) is 11.6 Å². The molecule has 0 aliphatic carbocycles. The van der Waals surface area contributed by atoms with E-state index in [4.69, 9.17) is 17.3 Å². The standard InChI is InChI=1S/C23H22ClN5O2S/c1-28-12-11-26-21(28)15-2-6-18(7-3-15)27-22(30)20(16-10-13-32-14-16)29(23(25)31)19-8-4-17(24)5-9-19/h2-10,13-14,20H,11-12H2,1H3,(H2,25,31)(H,27,30). The Morgan fingerprint density at radius 1 is 1.16 bits per heavy atom. The molecule has 0 radical (unpaired) electrons. The molecule has 32 heavy (non-hydrogen) atoms. The average Bonchev–Trinajstić information content (AvgIpc) is 3.45. The first-order valence-corrected chi connectivity index (χ1v) is 11.3. The molecule has 1 aliphatic heterocycles. The number of nitrogens with zero attached hydrogens (tertiary/aromatic N) is 3. The molecule has 2 aromatic carbocycles. The zero-order valence-corrected chi connectivity index (χ0v) is 18.9. The van der Waals surface area contributed by atoms with Gasteiger partial charge in [0.05, 0.1) is 6.54 Å². The number of anilines is 2. The third kappa shape index (κ3) is 4.61. The predicted molar refractivity (Wildman–Crippen MR) is 130 cm³/mol. The van der Waals surface area contributed by atoms with E-state index in [0.29, 0.717) is 22.0 Å². The molecule has 0 bridgehead atoms. The van der Waals surface area contributed by atoms with Gasteiger partial charge in [0, 0.05) is 35.6 Å². The summed E-state index contributed by atoms with van der Waals surface area (Å²) in [6.07, 6.45) is 0. The van der Waals surface area contributed by atoms with E-state index in [1.54, 1.807) is 30.3 Å². The van der Waals surface area contributed by atoms with Crippen LogP contribution in [-0.4, -0.2) is 42.8 Å². The van der Waals surface area contributed by atoms with Crippen molar-refractivity contribution in [2.75, 3.05) is 30.4 Å². The Kier molecular flexibility index (Phi) is 6.43. The van der Waals surface area contributed by atoms with E-state index in [-0.39, 0.29) is 5.91 Å². The minimum Gasteiger partial charge on any atom is -0.358 e. The van der Waals surface area contributed by atoms with Crippen LogP contribution in [0.1, 0.15) is 17.2 Å². The SMILES string of the molecule is CN1CCN=C1c1ccc(NC(=O)C(c2ccsc2)N(C(N)=O)c2ccc(Cl)cc2)cc1. The maximum absolute atomic E-state index is 13.4. The van der Waals surface area contributed by atoms with Crippen molar-refractivity contribution >= 4 is 52.1 Å². The quantitative estimate of drug-likeness (QED) is 0.564. The first-order valence-electron chi connectivity index (χ1n) is 9.97. The molecular weight excluding hydrogens is 446 g/mol. The summed E-state index contributed by atoms with van der Waals surface area (Å²) < 4.78 is 0. The van der Waals surface area contributed by atoms with Gasteiger partial charge in [-0.2, -0.15) is 11.3 Å². The van der Waals surface area contributed by atoms with Gasteiger partial charge in [-0.15, -0.1) is 0 Å². The Morgan fingerprint density at radius 2 is 1.88 bits per heavy atom. The summed E-state index contributed by atoms with van der Waals surface area (Å²) in [6, 6.07) is 14.2. The Labute approximate surface area is 195 Å². The fraction of sp³-hybridized carbons (Fsp3) is 0.174. The second-order valence-corrected chi connectivity index (χ2v) is 8.55. The average molecular weight is 468 g/mol. The minimum absolute atomic E-state index is 0.375. The van der Waals surface area contributed by atoms with Crippen molar-refractivity contribution in [3.63, 3.8) is 0 Å². The number of halogens is 1. The molecule has 1 aliphatic rings. The van der Waals surface area contributed by atoms with Crippen LogP contribution >= 0.6 is 22.9 Å². The summed E-state index contributed by atoms with van der Waals surface area (Å²) in [5.74, 6) is 0.557. The lowest BCUT2D eigenvalue weighted by Gasteiger charge is -2.29. The molecule has 164 valence electrons. The first kappa shape index (κ1) is 21.9. The van der Waals surface area contributed by atoms with Gasteiger partial charge in [-0.25, -0.2) is 4.79 Å². The zero-order valence-electron chi connectivity index (χ0n) is 17.4. The topological polar surface area (TPSA) is 91.0 Å². The molecule has 3 amide bonds. The molecule has 0 saturated carbocycles. The fourth-order valence-corrected chi connectivity index (χ4v) is 4.42. The molecule has 9 heteroatoms. The zero-order chi connectivity index (χ0) is 22.7. The normalized spacial score (nSPS) is 14.1. The van der Waals surface area contributed by atoms with Gasteiger partial charge < -0.3 is 16.0 Å². The van der Waals surface area contributed by atoms with E-state index in [0.717, 1.165) is 24.5 Å². The molecule has 1 atom stereocenters. The van der Waals surface area contributed by atoms with Gasteiger partial charge in [0.1, 0.15) is 11.9 Å². The van der Waals surface area contributed by atoms with Gasteiger partial charge in [-0.3, -0.25) is 14.7 Å². The molecule has 2 heterocycles. The summed E-state index contributed by atoms with van der Waals surface area (Å²) in [5.41, 5.74) is 8.45. The van der Waals surface area contributed by atoms with Gasteiger partial charge in [0.25, 0.3) is 5.91 Å². The molecule has 1 aromatic heterocycles. The first-order chi connectivity index (χ1) is 15.4. The molecular formula is C23H22ClN5O2S. The van der Waals surface area contributed by atoms with Crippen molar-refractivity contribution in [1.29, 1.82) is 0 Å². The number of hydrogen-bond acceptors (Lipinski definition) is 5. The van der Waals surface area contributed by atoms with Crippen molar-refractivity contribution in [2.45, 2.75) is 6.04 Å². The highest BCUT2D eigenvalue weighted by atomic mass is 35.5. The Balaban J connectivity index is 1.61. The van der Waals surface area contributed by atoms with E-state index in [2.05, 4.69) is 15.2 Å². The number of thiophene rings is 1. The highest BCUT2D eigenvalue weighted by Gasteiger charge is 2.32. The van der Waals surface area contributed by atoms with Gasteiger partial charge >= 0.3 is 6.03 Å². The number of rotatable bonds is 6. The number of amidine groups is 1. The molecule has 7 nitrogen and oxygen atoms in total. The van der Waals surface area contributed by atoms with Crippen LogP contribution in [0.5, 0.6) is 0 Å². The molecule has 3 N–H and O–H groups in total. The number of likely N-dealkylation sites (N-methyl/N-ethyl adjacent to an activating group) is 1. The van der Waals surface area contributed by atoms with E-state index in [9.17, 15) is 9.59 Å². The van der Waals surface area contributed by atoms with Gasteiger partial charge in [0.15, 0.2) is 0 Å². The number of aliphatic imine (C=N–C) groups is 1. The predicted octanol–water partition coefficient (Wildman–Crippen LogP) is 4.36. The third-order valence-electron chi connectivity index (χ3n) is 5.18. The van der Waals surface area contributed by atoms with Crippen LogP contribution in [0.4, 0.5) is 16.2 Å². The molecule has 1 unspecified atom stereocenters. The highest BCUT2D eigenvalue weighted by Crippen LogP contribution is 2.31. The maximum atomic E-state index is 13.4. The Bertz CT molecular complexity index is 1130. The van der Waals surface area contributed by atoms with E-state index < -0.39 is 12.1 Å².